The van der Waals surface area contributed by atoms with Gasteiger partial charge < -0.3 is 5.32 Å². The highest BCUT2D eigenvalue weighted by Gasteiger charge is 2.12. The van der Waals surface area contributed by atoms with E-state index in [0.717, 1.165) is 10.0 Å². The summed E-state index contributed by atoms with van der Waals surface area (Å²) in [6.07, 6.45) is 1.66. The Morgan fingerprint density at radius 1 is 1.73 bits per heavy atom. The average molecular weight is 292 g/mol. The molecule has 0 saturated carbocycles. The molecule has 15 heavy (non-hydrogen) atoms. The molecular weight excluding hydrogens is 279 g/mol. The third-order valence-electron chi connectivity index (χ3n) is 1.98. The van der Waals surface area contributed by atoms with Crippen molar-refractivity contribution in [3.05, 3.63) is 22.3 Å². The summed E-state index contributed by atoms with van der Waals surface area (Å²) in [7, 11) is 0. The molecule has 3 nitrogen and oxygen atoms in total. The number of hydrogen-bond acceptors (Lipinski definition) is 2. The van der Waals surface area contributed by atoms with Gasteiger partial charge in [0, 0.05) is 22.5 Å². The fraction of sp³-hybridized carbons (Fsp3) is 0.400. The lowest BCUT2D eigenvalue weighted by atomic mass is 10.2. The number of nitrogens with zero attached hydrogens (tertiary/aromatic N) is 1. The van der Waals surface area contributed by atoms with E-state index in [0.29, 0.717) is 11.7 Å². The lowest BCUT2D eigenvalue weighted by Gasteiger charge is -2.09. The number of alkyl halides is 1. The standard InChI is InChI=1S/C10H12BrClN2O/c1-6-3-9(13-5-8(6)11)14-10(15)7(2)4-12/h3,5,7H,4H2,1-2H3,(H,13,14,15). The predicted octanol–water partition coefficient (Wildman–Crippen LogP) is 2.97. The van der Waals surface area contributed by atoms with Gasteiger partial charge in [0.1, 0.15) is 5.82 Å². The minimum absolute atomic E-state index is 0.112. The number of aryl methyl sites for hydroxylation is 1. The molecule has 5 heteroatoms. The molecular formula is C10H12BrClN2O. The van der Waals surface area contributed by atoms with Crippen LogP contribution < -0.4 is 5.32 Å². The van der Waals surface area contributed by atoms with Crippen LogP contribution in [0.15, 0.2) is 16.7 Å². The number of amides is 1. The van der Waals surface area contributed by atoms with Gasteiger partial charge in [0.25, 0.3) is 0 Å². The molecule has 1 heterocycles. The zero-order chi connectivity index (χ0) is 11.4. The smallest absolute Gasteiger partial charge is 0.229 e. The fourth-order valence-electron chi connectivity index (χ4n) is 0.927. The van der Waals surface area contributed by atoms with Crippen molar-refractivity contribution in [1.29, 1.82) is 0 Å². The Bertz CT molecular complexity index is 370. The largest absolute Gasteiger partial charge is 0.310 e. The number of anilines is 1. The molecule has 0 radical (unpaired) electrons. The number of pyridine rings is 1. The first kappa shape index (κ1) is 12.5. The van der Waals surface area contributed by atoms with Gasteiger partial charge in [0.2, 0.25) is 5.91 Å². The Labute approximate surface area is 102 Å². The van der Waals surface area contributed by atoms with E-state index in [1.54, 1.807) is 13.1 Å². The van der Waals surface area contributed by atoms with Gasteiger partial charge in [-0.05, 0) is 34.5 Å². The molecule has 1 amide bonds. The second-order valence-electron chi connectivity index (χ2n) is 3.36. The van der Waals surface area contributed by atoms with Crippen LogP contribution in [0.1, 0.15) is 12.5 Å². The number of aromatic nitrogens is 1. The van der Waals surface area contributed by atoms with Gasteiger partial charge in [-0.25, -0.2) is 4.98 Å². The molecule has 0 spiro atoms. The highest BCUT2D eigenvalue weighted by atomic mass is 79.9. The molecule has 0 aliphatic heterocycles. The Hall–Kier alpha value is -0.610. The summed E-state index contributed by atoms with van der Waals surface area (Å²) in [6, 6.07) is 1.81. The number of rotatable bonds is 3. The van der Waals surface area contributed by atoms with Crippen molar-refractivity contribution in [2.24, 2.45) is 5.92 Å². The minimum Gasteiger partial charge on any atom is -0.310 e. The molecule has 0 bridgehead atoms. The van der Waals surface area contributed by atoms with Gasteiger partial charge in [-0.2, -0.15) is 0 Å². The van der Waals surface area contributed by atoms with E-state index in [2.05, 4.69) is 26.2 Å². The first-order chi connectivity index (χ1) is 7.04. The van der Waals surface area contributed by atoms with E-state index >= 15 is 0 Å². The van der Waals surface area contributed by atoms with Gasteiger partial charge in [-0.1, -0.05) is 6.92 Å². The van der Waals surface area contributed by atoms with E-state index in [4.69, 9.17) is 11.6 Å². The Kier molecular flexibility index (Phi) is 4.54. The predicted molar refractivity (Wildman–Crippen MR) is 65.2 cm³/mol. The maximum absolute atomic E-state index is 11.5. The van der Waals surface area contributed by atoms with Crippen LogP contribution in [-0.4, -0.2) is 16.8 Å². The third-order valence-corrected chi connectivity index (χ3v) is 3.27. The van der Waals surface area contributed by atoms with E-state index in [-0.39, 0.29) is 11.8 Å². The van der Waals surface area contributed by atoms with Crippen LogP contribution in [-0.2, 0) is 4.79 Å². The quantitative estimate of drug-likeness (QED) is 0.870. The van der Waals surface area contributed by atoms with Crippen LogP contribution in [0.3, 0.4) is 0 Å². The van der Waals surface area contributed by atoms with Crippen molar-refractivity contribution in [2.45, 2.75) is 13.8 Å². The average Bonchev–Trinajstić information content (AvgIpc) is 2.22. The monoisotopic (exact) mass is 290 g/mol. The SMILES string of the molecule is Cc1cc(NC(=O)C(C)CCl)ncc1Br. The summed E-state index contributed by atoms with van der Waals surface area (Å²) in [5, 5.41) is 2.71. The molecule has 1 unspecified atom stereocenters. The highest BCUT2D eigenvalue weighted by molar-refractivity contribution is 9.10. The van der Waals surface area contributed by atoms with E-state index in [1.807, 2.05) is 13.0 Å². The number of halogens is 2. The molecule has 0 saturated heterocycles. The van der Waals surface area contributed by atoms with Gasteiger partial charge in [0.05, 0.1) is 0 Å². The number of carbonyl (C=O) groups excluding carboxylic acids is 1. The molecule has 0 aliphatic carbocycles. The van der Waals surface area contributed by atoms with Gasteiger partial charge in [-0.15, -0.1) is 11.6 Å². The molecule has 1 aromatic rings. The first-order valence-corrected chi connectivity index (χ1v) is 5.86. The minimum atomic E-state index is -0.211. The molecule has 1 N–H and O–H groups in total. The van der Waals surface area contributed by atoms with Crippen molar-refractivity contribution < 1.29 is 4.79 Å². The summed E-state index contributed by atoms with van der Waals surface area (Å²) in [6.45, 7) is 3.71. The summed E-state index contributed by atoms with van der Waals surface area (Å²) < 4.78 is 0.922. The summed E-state index contributed by atoms with van der Waals surface area (Å²) >= 11 is 8.92. The molecule has 1 atom stereocenters. The number of carbonyl (C=O) groups is 1. The van der Waals surface area contributed by atoms with Crippen LogP contribution in [0, 0.1) is 12.8 Å². The van der Waals surface area contributed by atoms with Crippen molar-refractivity contribution in [1.82, 2.24) is 4.98 Å². The van der Waals surface area contributed by atoms with Crippen LogP contribution in [0.25, 0.3) is 0 Å². The normalized spacial score (nSPS) is 12.3. The van der Waals surface area contributed by atoms with E-state index in [9.17, 15) is 4.79 Å². The molecule has 82 valence electrons. The van der Waals surface area contributed by atoms with Crippen LogP contribution >= 0.6 is 27.5 Å². The van der Waals surface area contributed by atoms with Crippen molar-refractivity contribution in [3.8, 4) is 0 Å². The van der Waals surface area contributed by atoms with Crippen LogP contribution in [0.5, 0.6) is 0 Å². The third kappa shape index (κ3) is 3.47. The lowest BCUT2D eigenvalue weighted by Crippen LogP contribution is -2.22. The zero-order valence-electron chi connectivity index (χ0n) is 8.55. The Balaban J connectivity index is 2.73. The van der Waals surface area contributed by atoms with Crippen molar-refractivity contribution in [3.63, 3.8) is 0 Å². The molecule has 1 aromatic heterocycles. The molecule has 0 aromatic carbocycles. The molecule has 0 aliphatic rings. The maximum atomic E-state index is 11.5. The topological polar surface area (TPSA) is 42.0 Å². The van der Waals surface area contributed by atoms with Gasteiger partial charge in [-0.3, -0.25) is 4.79 Å². The summed E-state index contributed by atoms with van der Waals surface area (Å²) in [5.41, 5.74) is 1.03. The fourth-order valence-corrected chi connectivity index (χ4v) is 1.28. The summed E-state index contributed by atoms with van der Waals surface area (Å²) in [5.74, 6) is 0.538. The second-order valence-corrected chi connectivity index (χ2v) is 4.53. The van der Waals surface area contributed by atoms with Gasteiger partial charge in [0.15, 0.2) is 0 Å². The molecule has 1 rings (SSSR count). The zero-order valence-corrected chi connectivity index (χ0v) is 10.9. The van der Waals surface area contributed by atoms with Crippen LogP contribution in [0.2, 0.25) is 0 Å². The lowest BCUT2D eigenvalue weighted by molar-refractivity contribution is -0.118. The number of hydrogen-bond donors (Lipinski definition) is 1. The summed E-state index contributed by atoms with van der Waals surface area (Å²) in [4.78, 5) is 15.6. The Morgan fingerprint density at radius 3 is 2.93 bits per heavy atom. The Morgan fingerprint density at radius 2 is 2.40 bits per heavy atom. The van der Waals surface area contributed by atoms with E-state index in [1.165, 1.54) is 0 Å². The number of nitrogens with one attached hydrogen (secondary N) is 1. The molecule has 0 fully saturated rings. The van der Waals surface area contributed by atoms with Crippen molar-refractivity contribution in [2.75, 3.05) is 11.2 Å². The first-order valence-electron chi connectivity index (χ1n) is 4.53. The maximum Gasteiger partial charge on any atom is 0.229 e. The van der Waals surface area contributed by atoms with Crippen LogP contribution in [0.4, 0.5) is 5.82 Å². The second kappa shape index (κ2) is 5.47. The van der Waals surface area contributed by atoms with E-state index < -0.39 is 0 Å². The van der Waals surface area contributed by atoms with Gasteiger partial charge >= 0.3 is 0 Å². The van der Waals surface area contributed by atoms with Crippen molar-refractivity contribution >= 4 is 39.3 Å². The highest BCUT2D eigenvalue weighted by Crippen LogP contribution is 2.17.